The summed E-state index contributed by atoms with van der Waals surface area (Å²) >= 11 is 9.54. The molecule has 0 aliphatic carbocycles. The first-order chi connectivity index (χ1) is 69.8. The Hall–Kier alpha value is -1.60. The van der Waals surface area contributed by atoms with Gasteiger partial charge in [-0.1, -0.05) is 551 Å². The fourth-order valence-electron chi connectivity index (χ4n) is 18.0. The fourth-order valence-corrected chi connectivity index (χ4v) is 18.0. The van der Waals surface area contributed by atoms with Crippen LogP contribution in [0.5, 0.6) is 0 Å². The molecule has 0 amide bonds. The molecule has 4 spiro atoms. The van der Waals surface area contributed by atoms with Gasteiger partial charge in [0.1, 0.15) is 5.78 Å². The number of carbonyl (C=O) groups excluding carboxylic acids is 2. The summed E-state index contributed by atoms with van der Waals surface area (Å²) < 4.78 is 89.6. The second kappa shape index (κ2) is 83.8. The van der Waals surface area contributed by atoms with Gasteiger partial charge >= 0.3 is 75.1 Å². The number of Topliss-reactive ketones (excluding diaryl/α,β-unsaturated/α-hetero) is 2. The van der Waals surface area contributed by atoms with Crippen LogP contribution in [0.3, 0.4) is 0 Å². The maximum atomic E-state index is 11.9. The molecule has 8 aliphatic heterocycles. The summed E-state index contributed by atoms with van der Waals surface area (Å²) in [7, 11) is 0. The van der Waals surface area contributed by atoms with Crippen LogP contribution in [0.4, 0.5) is 0 Å². The molecule has 6 aromatic carbocycles. The number of ketones is 2. The Bertz CT molecular complexity index is 3620. The molecule has 14 rings (SSSR count). The van der Waals surface area contributed by atoms with Crippen LogP contribution in [0.25, 0.3) is 0 Å². The van der Waals surface area contributed by atoms with Crippen LogP contribution in [0.2, 0.25) is 0 Å². The number of ether oxygens (including phenoxy) is 16. The molecule has 810 valence electrons. The largest absolute Gasteiger partial charge is 0.422 e. The quantitative estimate of drug-likeness (QED) is 0.0199. The van der Waals surface area contributed by atoms with Crippen LogP contribution in [-0.4, -0.2) is 55.1 Å². The molecule has 8 aliphatic rings. The molecule has 8 saturated heterocycles. The number of carbonyl (C=O) groups is 2. The Balaban J connectivity index is 0.000000262. The third-order valence-corrected chi connectivity index (χ3v) is 26.6. The van der Waals surface area contributed by atoms with E-state index in [1.807, 2.05) is 182 Å². The zero-order valence-electron chi connectivity index (χ0n) is 88.1. The van der Waals surface area contributed by atoms with Crippen molar-refractivity contribution >= 4 is 110 Å². The van der Waals surface area contributed by atoms with E-state index in [-0.39, 0.29) is 49.1 Å². The molecule has 143 heavy (non-hydrogen) atoms. The van der Waals surface area contributed by atoms with Gasteiger partial charge in [-0.25, -0.2) is 0 Å². The van der Waals surface area contributed by atoms with E-state index in [1.165, 1.54) is 340 Å². The third-order valence-electron chi connectivity index (χ3n) is 26.6. The van der Waals surface area contributed by atoms with Gasteiger partial charge in [-0.3, -0.25) is 85.4 Å². The van der Waals surface area contributed by atoms with Crippen LogP contribution >= 0.6 is 98.4 Å². The summed E-state index contributed by atoms with van der Waals surface area (Å²) in [4.78, 5) is 23.7. The minimum atomic E-state index is -1.30. The van der Waals surface area contributed by atoms with Gasteiger partial charge in [-0.15, -0.1) is 24.0 Å². The number of hydrogen-bond acceptors (Lipinski definition) is 18. The summed E-state index contributed by atoms with van der Waals surface area (Å²) in [5, 5.41) is 0. The van der Waals surface area contributed by atoms with Crippen LogP contribution in [0, 0.1) is 0 Å². The maximum Gasteiger partial charge on any atom is 0.422 e. The summed E-state index contributed by atoms with van der Waals surface area (Å²) in [6.45, 7) is 13.6. The first-order valence-corrected chi connectivity index (χ1v) is 74.9. The van der Waals surface area contributed by atoms with Gasteiger partial charge in [0, 0.05) is 89.9 Å². The molecule has 0 radical (unpaired) electrons. The van der Waals surface area contributed by atoms with E-state index in [4.69, 9.17) is 75.8 Å². The molecule has 8 fully saturated rings. The minimum Gasteiger partial charge on any atom is -0.268 e. The van der Waals surface area contributed by atoms with Gasteiger partial charge < -0.3 is 0 Å². The van der Waals surface area contributed by atoms with Gasteiger partial charge in [-0.2, -0.15) is 0 Å². The summed E-state index contributed by atoms with van der Waals surface area (Å²) in [5.41, 5.74) is 5.64. The second-order valence-electron chi connectivity index (χ2n) is 38.9. The van der Waals surface area contributed by atoms with E-state index >= 15 is 0 Å². The number of unbranched alkanes of at least 4 members (excludes halogenated alkanes) is 51. The van der Waals surface area contributed by atoms with Crippen LogP contribution < -0.4 is 13.3 Å². The normalized spacial score (nSPS) is 22.4. The molecule has 0 bridgehead atoms. The smallest absolute Gasteiger partial charge is 0.268 e. The molecule has 0 aromatic heterocycles. The van der Waals surface area contributed by atoms with E-state index < -0.39 is 49.8 Å². The molecule has 24 heteroatoms. The van der Waals surface area contributed by atoms with Crippen LogP contribution in [0.15, 0.2) is 182 Å². The molecule has 18 nitrogen and oxygen atoms in total. The van der Waals surface area contributed by atoms with Gasteiger partial charge in [0.2, 0.25) is 31.5 Å². The van der Waals surface area contributed by atoms with E-state index in [0.29, 0.717) is 31.2 Å². The average Bonchev–Trinajstić information content (AvgIpc) is 0.747. The predicted octanol–water partition coefficient (Wildman–Crippen LogP) is 36.5. The minimum absolute atomic E-state index is 0. The van der Waals surface area contributed by atoms with Crippen LogP contribution in [-0.2, 0) is 80.6 Å². The summed E-state index contributed by atoms with van der Waals surface area (Å²) in [6, 6.07) is 58.2. The summed E-state index contributed by atoms with van der Waals surface area (Å²) in [5.74, 6) is 0.810. The third kappa shape index (κ3) is 55.9. The Morgan fingerprint density at radius 1 is 0.217 bits per heavy atom. The van der Waals surface area contributed by atoms with Gasteiger partial charge in [0.25, 0.3) is 0 Å². The van der Waals surface area contributed by atoms with Crippen molar-refractivity contribution in [3.05, 3.63) is 215 Å². The van der Waals surface area contributed by atoms with Gasteiger partial charge in [0.15, 0.2) is 24.7 Å². The molecule has 0 unspecified atom stereocenters. The van der Waals surface area contributed by atoms with Crippen molar-refractivity contribution in [3.63, 3.8) is 0 Å². The molecule has 0 saturated carbocycles. The number of hydrogen-bond donors (Lipinski definition) is 0. The first kappa shape index (κ1) is 130. The summed E-state index contributed by atoms with van der Waals surface area (Å²) in [6.07, 6.45) is 73.9. The molecular weight excluding hydrogens is 2480 g/mol. The van der Waals surface area contributed by atoms with E-state index in [2.05, 4.69) is 116 Å². The van der Waals surface area contributed by atoms with Crippen molar-refractivity contribution in [1.82, 2.24) is 0 Å². The maximum absolute atomic E-state index is 11.9. The van der Waals surface area contributed by atoms with Crippen molar-refractivity contribution < 1.29 is 98.6 Å². The Kier molecular flexibility index (Phi) is 76.2. The van der Waals surface area contributed by atoms with Crippen LogP contribution in [0.1, 0.15) is 516 Å². The first-order valence-electron chi connectivity index (χ1n) is 56.1. The standard InChI is InChI=1S/C27H52O4.C23H46O.C21H32O4.C18H28O.2C15H12O4.I3.I2.HI/c1-3-5-7-9-11-13-15-17-19-21-23-25-28-27(29-25)30-26(31-27)24-22-20-18-16-14-12-10-8-6-4-2;1-3-5-7-9-11-13-15-17-19-21-23(24)22-20-18-16-14-12-10-8-6-4-2;1-2-3-4-5-6-7-8-9-10-14-17-19-22-21(23-19)24-20(25-21)18-15-12-11-13-16-18;1-2-3-4-5-6-7-8-9-13-16-18(19)17-14-11-10-12-15-17;2*1-3-7-11(8-4-1)13-16-15(17-13)18-14(19-15)12-9-5-2-6-10-12;1-3-2;1-2;/h25-26H,3-24H2,1-2H3;3-22H2,1-2H3;11-13,15-16,19-20H,2-10,14,17H2,1H3;10-12,14-15H,2-9,13,16H2,1H3;2*1-10,13-14H;;;1H/q;;;;;;-1;;. The molecule has 0 atom stereocenters. The van der Waals surface area contributed by atoms with E-state index in [0.717, 1.165) is 91.2 Å². The Labute approximate surface area is 935 Å². The Morgan fingerprint density at radius 2 is 0.364 bits per heavy atom. The van der Waals surface area contributed by atoms with Crippen molar-refractivity contribution in [2.24, 2.45) is 0 Å². The molecular formula is C119H183I6O18-. The molecule has 0 N–H and O–H groups in total. The van der Waals surface area contributed by atoms with Gasteiger partial charge in [0.05, 0.1) is 0 Å². The second-order valence-corrected chi connectivity index (χ2v) is 55.2. The predicted molar refractivity (Wildman–Crippen MR) is 618 cm³/mol. The fraction of sp³-hybridized carbons (Fsp3) is 0.681. The van der Waals surface area contributed by atoms with Gasteiger partial charge in [-0.05, 0) is 57.8 Å². The number of rotatable bonds is 69. The van der Waals surface area contributed by atoms with E-state index in [9.17, 15) is 9.59 Å². The van der Waals surface area contributed by atoms with Crippen molar-refractivity contribution in [1.29, 1.82) is 0 Å². The van der Waals surface area contributed by atoms with Crippen molar-refractivity contribution in [2.75, 3.05) is 0 Å². The monoisotopic (exact) mass is 2660 g/mol. The average molecular weight is 2660 g/mol. The topological polar surface area (TPSA) is 182 Å². The number of benzene rings is 6. The van der Waals surface area contributed by atoms with E-state index in [1.54, 1.807) is 0 Å². The zero-order chi connectivity index (χ0) is 101. The SMILES string of the molecule is CCCCCCCCCCCC(=O)CCCCCCCCCCC.CCCCCCCCCCCC(=O)c1ccccc1.CCCCCCCCCCCCC1OC2(O1)OC(CCCCCCCCCCCC)O2.CCCCCCCCCCCCC1OC2(O1)OC(c1ccccc1)O2.I.II.I[I-]I.c1ccc(C2OC3(O2)OC(c2ccccc2)O3)cc1.c1ccc(C2OC3(O2)OC(c2ccccc2)O3)cc1. The van der Waals surface area contributed by atoms with Crippen molar-refractivity contribution in [3.8, 4) is 0 Å². The van der Waals surface area contributed by atoms with Crippen molar-refractivity contribution in [2.45, 2.75) is 521 Å². The number of halogens is 6. The molecule has 8 heterocycles. The zero-order valence-corrected chi connectivity index (χ0v) is 101. The molecule has 6 aromatic rings. The Morgan fingerprint density at radius 3 is 0.552 bits per heavy atom.